The molecule has 0 spiro atoms. The molecule has 1 aliphatic rings. The Balaban J connectivity index is 2.03. The van der Waals surface area contributed by atoms with E-state index < -0.39 is 0 Å². The van der Waals surface area contributed by atoms with E-state index in [2.05, 4.69) is 24.3 Å². The number of hydrogen-bond donors (Lipinski definition) is 1. The molecule has 3 nitrogen and oxygen atoms in total. The number of aryl methyl sites for hydroxylation is 1. The number of anilines is 1. The van der Waals surface area contributed by atoms with Gasteiger partial charge in [-0.1, -0.05) is 0 Å². The molecule has 1 aromatic heterocycles. The van der Waals surface area contributed by atoms with Crippen LogP contribution in [0, 0.1) is 12.8 Å². The molecule has 1 heterocycles. The fourth-order valence-electron chi connectivity index (χ4n) is 1.60. The van der Waals surface area contributed by atoms with Crippen LogP contribution in [-0.2, 0) is 7.05 Å². The molecule has 72 valence electrons. The van der Waals surface area contributed by atoms with E-state index in [0.29, 0.717) is 6.04 Å². The molecular weight excluding hydrogens is 162 g/mol. The van der Waals surface area contributed by atoms with Gasteiger partial charge in [0.1, 0.15) is 0 Å². The maximum absolute atomic E-state index is 4.20. The summed E-state index contributed by atoms with van der Waals surface area (Å²) in [5.41, 5.74) is 2.40. The minimum atomic E-state index is 0.600. The molecule has 0 aliphatic heterocycles. The average Bonchev–Trinajstić information content (AvgIpc) is 2.89. The lowest BCUT2D eigenvalue weighted by Crippen LogP contribution is -2.17. The van der Waals surface area contributed by atoms with Gasteiger partial charge in [-0.2, -0.15) is 5.10 Å². The normalized spacial score (nSPS) is 18.7. The summed E-state index contributed by atoms with van der Waals surface area (Å²) in [5, 5.41) is 7.71. The fourth-order valence-corrected chi connectivity index (χ4v) is 1.60. The maximum atomic E-state index is 4.20. The SMILES string of the molecule is Cc1c(NC(C)C2CC2)cnn1C. The minimum Gasteiger partial charge on any atom is -0.380 e. The molecule has 0 radical (unpaired) electrons. The van der Waals surface area contributed by atoms with Crippen molar-refractivity contribution in [2.45, 2.75) is 32.7 Å². The molecule has 1 N–H and O–H groups in total. The Bertz CT molecular complexity index is 299. The van der Waals surface area contributed by atoms with Crippen LogP contribution in [0.2, 0.25) is 0 Å². The summed E-state index contributed by atoms with van der Waals surface area (Å²) in [7, 11) is 1.97. The Morgan fingerprint density at radius 1 is 1.62 bits per heavy atom. The number of aromatic nitrogens is 2. The van der Waals surface area contributed by atoms with Crippen molar-refractivity contribution < 1.29 is 0 Å². The van der Waals surface area contributed by atoms with Gasteiger partial charge in [-0.25, -0.2) is 0 Å². The Morgan fingerprint density at radius 2 is 2.31 bits per heavy atom. The van der Waals surface area contributed by atoms with Crippen molar-refractivity contribution in [2.24, 2.45) is 13.0 Å². The van der Waals surface area contributed by atoms with Gasteiger partial charge in [0.15, 0.2) is 0 Å². The first kappa shape index (κ1) is 8.60. The quantitative estimate of drug-likeness (QED) is 0.768. The van der Waals surface area contributed by atoms with Gasteiger partial charge in [0.05, 0.1) is 17.6 Å². The first-order chi connectivity index (χ1) is 6.18. The summed E-state index contributed by atoms with van der Waals surface area (Å²) in [6.07, 6.45) is 4.68. The topological polar surface area (TPSA) is 29.9 Å². The molecule has 1 unspecified atom stereocenters. The zero-order valence-corrected chi connectivity index (χ0v) is 8.54. The lowest BCUT2D eigenvalue weighted by molar-refractivity contribution is 0.692. The fraction of sp³-hybridized carbons (Fsp3) is 0.700. The number of nitrogens with zero attached hydrogens (tertiary/aromatic N) is 2. The zero-order chi connectivity index (χ0) is 9.42. The van der Waals surface area contributed by atoms with Crippen LogP contribution in [-0.4, -0.2) is 15.8 Å². The van der Waals surface area contributed by atoms with E-state index in [-0.39, 0.29) is 0 Å². The van der Waals surface area contributed by atoms with Crippen LogP contribution in [0.3, 0.4) is 0 Å². The Kier molecular flexibility index (Phi) is 2.02. The molecule has 1 aliphatic carbocycles. The first-order valence-corrected chi connectivity index (χ1v) is 4.93. The third kappa shape index (κ3) is 1.69. The van der Waals surface area contributed by atoms with E-state index in [0.717, 1.165) is 5.92 Å². The summed E-state index contributed by atoms with van der Waals surface area (Å²) < 4.78 is 1.90. The average molecular weight is 179 g/mol. The van der Waals surface area contributed by atoms with Gasteiger partial charge in [-0.15, -0.1) is 0 Å². The largest absolute Gasteiger partial charge is 0.380 e. The lowest BCUT2D eigenvalue weighted by atomic mass is 10.2. The molecule has 0 amide bonds. The van der Waals surface area contributed by atoms with E-state index in [4.69, 9.17) is 0 Å². The van der Waals surface area contributed by atoms with E-state index in [1.165, 1.54) is 24.2 Å². The summed E-state index contributed by atoms with van der Waals surface area (Å²) in [4.78, 5) is 0. The highest BCUT2D eigenvalue weighted by atomic mass is 15.3. The lowest BCUT2D eigenvalue weighted by Gasteiger charge is -2.13. The Labute approximate surface area is 79.1 Å². The number of nitrogens with one attached hydrogen (secondary N) is 1. The van der Waals surface area contributed by atoms with Crippen molar-refractivity contribution in [3.8, 4) is 0 Å². The van der Waals surface area contributed by atoms with E-state index in [1.807, 2.05) is 17.9 Å². The minimum absolute atomic E-state index is 0.600. The van der Waals surface area contributed by atoms with Crippen LogP contribution in [0.25, 0.3) is 0 Å². The van der Waals surface area contributed by atoms with Gasteiger partial charge in [0, 0.05) is 13.1 Å². The molecule has 0 saturated heterocycles. The van der Waals surface area contributed by atoms with E-state index >= 15 is 0 Å². The first-order valence-electron chi connectivity index (χ1n) is 4.93. The Hall–Kier alpha value is -0.990. The second kappa shape index (κ2) is 3.05. The smallest absolute Gasteiger partial charge is 0.0758 e. The van der Waals surface area contributed by atoms with Crippen LogP contribution >= 0.6 is 0 Å². The van der Waals surface area contributed by atoms with Gasteiger partial charge in [-0.05, 0) is 32.6 Å². The standard InChI is InChI=1S/C10H17N3/c1-7(9-4-5-9)12-10-6-11-13(3)8(10)2/h6-7,9,12H,4-5H2,1-3H3. The molecule has 1 atom stereocenters. The Morgan fingerprint density at radius 3 is 2.77 bits per heavy atom. The molecule has 1 fully saturated rings. The summed E-state index contributed by atoms with van der Waals surface area (Å²) in [6.45, 7) is 4.35. The third-order valence-electron chi connectivity index (χ3n) is 2.95. The molecule has 0 bridgehead atoms. The van der Waals surface area contributed by atoms with Gasteiger partial charge in [0.25, 0.3) is 0 Å². The second-order valence-corrected chi connectivity index (χ2v) is 4.04. The maximum Gasteiger partial charge on any atom is 0.0758 e. The predicted molar refractivity (Wildman–Crippen MR) is 53.8 cm³/mol. The van der Waals surface area contributed by atoms with Crippen molar-refractivity contribution in [1.82, 2.24) is 9.78 Å². The third-order valence-corrected chi connectivity index (χ3v) is 2.95. The van der Waals surface area contributed by atoms with Crippen LogP contribution in [0.1, 0.15) is 25.5 Å². The number of rotatable bonds is 3. The van der Waals surface area contributed by atoms with Crippen LogP contribution in [0.4, 0.5) is 5.69 Å². The van der Waals surface area contributed by atoms with E-state index in [9.17, 15) is 0 Å². The second-order valence-electron chi connectivity index (χ2n) is 4.04. The van der Waals surface area contributed by atoms with Gasteiger partial charge < -0.3 is 5.32 Å². The molecule has 1 aromatic rings. The van der Waals surface area contributed by atoms with E-state index in [1.54, 1.807) is 0 Å². The highest BCUT2D eigenvalue weighted by molar-refractivity contribution is 5.46. The molecular formula is C10H17N3. The van der Waals surface area contributed by atoms with Gasteiger partial charge in [-0.3, -0.25) is 4.68 Å². The van der Waals surface area contributed by atoms with Crippen molar-refractivity contribution in [2.75, 3.05) is 5.32 Å². The highest BCUT2D eigenvalue weighted by Gasteiger charge is 2.28. The molecule has 13 heavy (non-hydrogen) atoms. The monoisotopic (exact) mass is 179 g/mol. The zero-order valence-electron chi connectivity index (χ0n) is 8.54. The van der Waals surface area contributed by atoms with Crippen molar-refractivity contribution in [1.29, 1.82) is 0 Å². The molecule has 1 saturated carbocycles. The van der Waals surface area contributed by atoms with Crippen molar-refractivity contribution in [3.63, 3.8) is 0 Å². The van der Waals surface area contributed by atoms with Gasteiger partial charge in [0.2, 0.25) is 0 Å². The summed E-state index contributed by atoms with van der Waals surface area (Å²) in [6, 6.07) is 0.600. The van der Waals surface area contributed by atoms with Crippen molar-refractivity contribution in [3.05, 3.63) is 11.9 Å². The molecule has 3 heteroatoms. The molecule has 2 rings (SSSR count). The van der Waals surface area contributed by atoms with Crippen molar-refractivity contribution >= 4 is 5.69 Å². The summed E-state index contributed by atoms with van der Waals surface area (Å²) >= 11 is 0. The van der Waals surface area contributed by atoms with Crippen LogP contribution in [0.5, 0.6) is 0 Å². The number of hydrogen-bond acceptors (Lipinski definition) is 2. The predicted octanol–water partition coefficient (Wildman–Crippen LogP) is 1.94. The summed E-state index contributed by atoms with van der Waals surface area (Å²) in [5.74, 6) is 0.889. The molecule has 0 aromatic carbocycles. The highest BCUT2D eigenvalue weighted by Crippen LogP contribution is 2.34. The van der Waals surface area contributed by atoms with Crippen LogP contribution < -0.4 is 5.32 Å². The van der Waals surface area contributed by atoms with Crippen LogP contribution in [0.15, 0.2) is 6.20 Å². The van der Waals surface area contributed by atoms with Gasteiger partial charge >= 0.3 is 0 Å².